The Kier molecular flexibility index (Phi) is 5.18. The lowest BCUT2D eigenvalue weighted by molar-refractivity contribution is 0.0627. The summed E-state index contributed by atoms with van der Waals surface area (Å²) in [6.07, 6.45) is -0.220. The molecule has 0 aromatic carbocycles. The Morgan fingerprint density at radius 3 is 2.88 bits per heavy atom. The van der Waals surface area contributed by atoms with Gasteiger partial charge in [-0.15, -0.1) is 0 Å². The molecule has 0 aliphatic carbocycles. The number of carboxylic acids is 1. The first-order valence-electron chi connectivity index (χ1n) is 5.18. The fraction of sp³-hybridized carbons (Fsp3) is 0.455. The molecular weight excluding hydrogens is 246 g/mol. The molecule has 0 fully saturated rings. The van der Waals surface area contributed by atoms with E-state index in [0.717, 1.165) is 0 Å². The maximum absolute atomic E-state index is 10.8. The molecule has 1 aromatic heterocycles. The van der Waals surface area contributed by atoms with Gasteiger partial charge in [-0.1, -0.05) is 11.6 Å². The molecule has 1 aromatic rings. The van der Waals surface area contributed by atoms with Crippen LogP contribution in [0.3, 0.4) is 0 Å². The number of ether oxygens (including phenoxy) is 2. The van der Waals surface area contributed by atoms with Crippen LogP contribution < -0.4 is 4.74 Å². The second-order valence-corrected chi connectivity index (χ2v) is 3.80. The zero-order valence-corrected chi connectivity index (χ0v) is 10.4. The largest absolute Gasteiger partial charge is 0.478 e. The van der Waals surface area contributed by atoms with Crippen LogP contribution in [-0.2, 0) is 4.74 Å². The third kappa shape index (κ3) is 4.58. The molecule has 1 atom stereocenters. The second kappa shape index (κ2) is 6.42. The van der Waals surface area contributed by atoms with Crippen molar-refractivity contribution in [3.63, 3.8) is 0 Å². The summed E-state index contributed by atoms with van der Waals surface area (Å²) in [5.41, 5.74) is 0.0450. The monoisotopic (exact) mass is 259 g/mol. The van der Waals surface area contributed by atoms with E-state index >= 15 is 0 Å². The normalized spacial score (nSPS) is 12.2. The van der Waals surface area contributed by atoms with E-state index in [1.165, 1.54) is 12.1 Å². The number of aromatic nitrogens is 1. The van der Waals surface area contributed by atoms with Crippen LogP contribution in [-0.4, -0.2) is 35.4 Å². The standard InChI is InChI=1S/C11H14ClNO4/c1-3-16-6-7(2)17-10-5-8(11(14)15)4-9(12)13-10/h4-5,7H,3,6H2,1-2H3,(H,14,15). The van der Waals surface area contributed by atoms with Gasteiger partial charge >= 0.3 is 5.97 Å². The van der Waals surface area contributed by atoms with E-state index in [-0.39, 0.29) is 22.7 Å². The summed E-state index contributed by atoms with van der Waals surface area (Å²) in [6.45, 7) is 4.69. The maximum atomic E-state index is 10.8. The van der Waals surface area contributed by atoms with Gasteiger partial charge in [0.1, 0.15) is 11.3 Å². The van der Waals surface area contributed by atoms with Crippen LogP contribution in [0.5, 0.6) is 5.88 Å². The van der Waals surface area contributed by atoms with Crippen LogP contribution in [0.4, 0.5) is 0 Å². The van der Waals surface area contributed by atoms with Gasteiger partial charge in [0.2, 0.25) is 5.88 Å². The quantitative estimate of drug-likeness (QED) is 0.794. The molecular formula is C11H14ClNO4. The summed E-state index contributed by atoms with van der Waals surface area (Å²) in [4.78, 5) is 14.7. The van der Waals surface area contributed by atoms with Gasteiger partial charge in [0.25, 0.3) is 0 Å². The minimum atomic E-state index is -1.07. The van der Waals surface area contributed by atoms with E-state index in [1.807, 2.05) is 6.92 Å². The molecule has 0 amide bonds. The minimum Gasteiger partial charge on any atom is -0.478 e. The summed E-state index contributed by atoms with van der Waals surface area (Å²) >= 11 is 5.70. The molecule has 1 heterocycles. The minimum absolute atomic E-state index is 0.0450. The van der Waals surface area contributed by atoms with Gasteiger partial charge in [-0.05, 0) is 19.9 Å². The SMILES string of the molecule is CCOCC(C)Oc1cc(C(=O)O)cc(Cl)n1. The first-order chi connectivity index (χ1) is 8.02. The molecule has 1 N–H and O–H groups in total. The predicted octanol–water partition coefficient (Wildman–Crippen LogP) is 2.24. The van der Waals surface area contributed by atoms with E-state index in [4.69, 9.17) is 26.2 Å². The number of carbonyl (C=O) groups is 1. The van der Waals surface area contributed by atoms with Crippen LogP contribution >= 0.6 is 11.6 Å². The zero-order valence-electron chi connectivity index (χ0n) is 9.64. The fourth-order valence-electron chi connectivity index (χ4n) is 1.18. The third-order valence-corrected chi connectivity index (χ3v) is 2.09. The summed E-state index contributed by atoms with van der Waals surface area (Å²) in [5, 5.41) is 8.93. The van der Waals surface area contributed by atoms with Crippen molar-refractivity contribution >= 4 is 17.6 Å². The summed E-state index contributed by atoms with van der Waals surface area (Å²) in [5.74, 6) is -0.890. The smallest absolute Gasteiger partial charge is 0.335 e. The lowest BCUT2D eigenvalue weighted by atomic mass is 10.3. The van der Waals surface area contributed by atoms with Gasteiger partial charge in [0.05, 0.1) is 12.2 Å². The highest BCUT2D eigenvalue weighted by molar-refractivity contribution is 6.29. The van der Waals surface area contributed by atoms with Gasteiger partial charge < -0.3 is 14.6 Å². The number of pyridine rings is 1. The molecule has 5 nitrogen and oxygen atoms in total. The first kappa shape index (κ1) is 13.7. The molecule has 6 heteroatoms. The summed E-state index contributed by atoms with van der Waals surface area (Å²) < 4.78 is 10.6. The van der Waals surface area contributed by atoms with Crippen LogP contribution in [0.25, 0.3) is 0 Å². The van der Waals surface area contributed by atoms with Gasteiger partial charge in [-0.3, -0.25) is 0 Å². The van der Waals surface area contributed by atoms with E-state index < -0.39 is 5.97 Å². The van der Waals surface area contributed by atoms with E-state index in [9.17, 15) is 4.79 Å². The molecule has 0 saturated carbocycles. The van der Waals surface area contributed by atoms with E-state index in [1.54, 1.807) is 6.92 Å². The zero-order chi connectivity index (χ0) is 12.8. The van der Waals surface area contributed by atoms with Crippen molar-refractivity contribution in [2.24, 2.45) is 0 Å². The van der Waals surface area contributed by atoms with Crippen LogP contribution in [0, 0.1) is 0 Å². The fourth-order valence-corrected chi connectivity index (χ4v) is 1.38. The van der Waals surface area contributed by atoms with Crippen LogP contribution in [0.2, 0.25) is 5.15 Å². The molecule has 1 unspecified atom stereocenters. The maximum Gasteiger partial charge on any atom is 0.335 e. The van der Waals surface area contributed by atoms with Crippen LogP contribution in [0.15, 0.2) is 12.1 Å². The predicted molar refractivity (Wildman–Crippen MR) is 62.8 cm³/mol. The number of rotatable bonds is 6. The highest BCUT2D eigenvalue weighted by Crippen LogP contribution is 2.17. The van der Waals surface area contributed by atoms with E-state index in [2.05, 4.69) is 4.98 Å². The number of hydrogen-bond acceptors (Lipinski definition) is 4. The van der Waals surface area contributed by atoms with Crippen molar-refractivity contribution < 1.29 is 19.4 Å². The number of aromatic carboxylic acids is 1. The Labute approximate surface area is 104 Å². The van der Waals surface area contributed by atoms with Crippen molar-refractivity contribution in [2.75, 3.05) is 13.2 Å². The Balaban J connectivity index is 2.73. The number of halogens is 1. The topological polar surface area (TPSA) is 68.7 Å². The molecule has 0 aliphatic heterocycles. The van der Waals surface area contributed by atoms with E-state index in [0.29, 0.717) is 13.2 Å². The van der Waals surface area contributed by atoms with Crippen molar-refractivity contribution in [3.8, 4) is 5.88 Å². The highest BCUT2D eigenvalue weighted by Gasteiger charge is 2.11. The molecule has 0 saturated heterocycles. The van der Waals surface area contributed by atoms with Crippen molar-refractivity contribution in [1.29, 1.82) is 0 Å². The molecule has 1 rings (SSSR count). The molecule has 0 spiro atoms. The third-order valence-electron chi connectivity index (χ3n) is 1.90. The van der Waals surface area contributed by atoms with Crippen molar-refractivity contribution in [1.82, 2.24) is 4.98 Å². The number of nitrogens with zero attached hydrogens (tertiary/aromatic N) is 1. The highest BCUT2D eigenvalue weighted by atomic mass is 35.5. The van der Waals surface area contributed by atoms with Gasteiger partial charge in [0, 0.05) is 12.7 Å². The summed E-state index contributed by atoms with van der Waals surface area (Å²) in [6, 6.07) is 2.60. The summed E-state index contributed by atoms with van der Waals surface area (Å²) in [7, 11) is 0. The van der Waals surface area contributed by atoms with Crippen molar-refractivity contribution in [3.05, 3.63) is 22.8 Å². The van der Waals surface area contributed by atoms with Gasteiger partial charge in [-0.2, -0.15) is 0 Å². The Hall–Kier alpha value is -1.33. The average molecular weight is 260 g/mol. The number of hydrogen-bond donors (Lipinski definition) is 1. The van der Waals surface area contributed by atoms with Gasteiger partial charge in [-0.25, -0.2) is 9.78 Å². The van der Waals surface area contributed by atoms with Gasteiger partial charge in [0.15, 0.2) is 0 Å². The lowest BCUT2D eigenvalue weighted by Gasteiger charge is -2.14. The Bertz CT molecular complexity index is 397. The first-order valence-corrected chi connectivity index (χ1v) is 5.56. The number of carboxylic acid groups (broad SMARTS) is 1. The Morgan fingerprint density at radius 1 is 1.59 bits per heavy atom. The van der Waals surface area contributed by atoms with Crippen molar-refractivity contribution in [2.45, 2.75) is 20.0 Å². The molecule has 0 bridgehead atoms. The second-order valence-electron chi connectivity index (χ2n) is 3.41. The Morgan fingerprint density at radius 2 is 2.29 bits per heavy atom. The van der Waals surface area contributed by atoms with Crippen LogP contribution in [0.1, 0.15) is 24.2 Å². The lowest BCUT2D eigenvalue weighted by Crippen LogP contribution is -2.19. The molecule has 0 radical (unpaired) electrons. The molecule has 0 aliphatic rings. The average Bonchev–Trinajstić information content (AvgIpc) is 2.25. The molecule has 94 valence electrons. The molecule has 17 heavy (non-hydrogen) atoms.